The van der Waals surface area contributed by atoms with Crippen molar-refractivity contribution in [3.8, 4) is 0 Å². The van der Waals surface area contributed by atoms with E-state index in [9.17, 15) is 13.2 Å². The van der Waals surface area contributed by atoms with Crippen LogP contribution in [0.15, 0.2) is 0 Å². The highest BCUT2D eigenvalue weighted by atomic mass is 32.2. The first-order valence-electron chi connectivity index (χ1n) is 5.30. The Kier molecular flexibility index (Phi) is 4.45. The minimum absolute atomic E-state index is 0.0343. The van der Waals surface area contributed by atoms with Gasteiger partial charge in [-0.25, -0.2) is 8.42 Å². The first-order valence-corrected chi connectivity index (χ1v) is 7.21. The molecule has 8 heteroatoms. The van der Waals surface area contributed by atoms with Gasteiger partial charge in [0.25, 0.3) is 0 Å². The van der Waals surface area contributed by atoms with Crippen LogP contribution >= 0.6 is 12.2 Å². The largest absolute Gasteiger partial charge is 0.392 e. The molecule has 0 radical (unpaired) electrons. The van der Waals surface area contributed by atoms with Crippen molar-refractivity contribution < 1.29 is 13.2 Å². The highest BCUT2D eigenvalue weighted by Gasteiger charge is 2.36. The summed E-state index contributed by atoms with van der Waals surface area (Å²) in [5.74, 6) is -0.156. The Morgan fingerprint density at radius 2 is 2.18 bits per heavy atom. The van der Waals surface area contributed by atoms with Crippen molar-refractivity contribution in [3.05, 3.63) is 0 Å². The number of amides is 1. The third-order valence-corrected chi connectivity index (χ3v) is 5.47. The smallest absolute Gasteiger partial charge is 0.223 e. The number of rotatable bonds is 4. The van der Waals surface area contributed by atoms with Gasteiger partial charge in [0.2, 0.25) is 15.9 Å². The van der Waals surface area contributed by atoms with E-state index in [1.165, 1.54) is 18.2 Å². The SMILES string of the molecule is CC(=O)NC1CCN(S(=O)(=O)C(C)C(N)=S)C1. The maximum absolute atomic E-state index is 12.1. The van der Waals surface area contributed by atoms with Crippen LogP contribution in [0.2, 0.25) is 0 Å². The van der Waals surface area contributed by atoms with E-state index in [1.807, 2.05) is 0 Å². The van der Waals surface area contributed by atoms with Crippen molar-refractivity contribution >= 4 is 33.1 Å². The first-order chi connectivity index (χ1) is 7.75. The van der Waals surface area contributed by atoms with Gasteiger partial charge in [-0.1, -0.05) is 12.2 Å². The lowest BCUT2D eigenvalue weighted by atomic mass is 10.3. The molecule has 1 rings (SSSR count). The van der Waals surface area contributed by atoms with Crippen molar-refractivity contribution in [1.82, 2.24) is 9.62 Å². The van der Waals surface area contributed by atoms with E-state index in [2.05, 4.69) is 5.32 Å². The van der Waals surface area contributed by atoms with Crippen molar-refractivity contribution in [1.29, 1.82) is 0 Å². The quantitative estimate of drug-likeness (QED) is 0.657. The fourth-order valence-electron chi connectivity index (χ4n) is 1.74. The molecule has 1 fully saturated rings. The zero-order chi connectivity index (χ0) is 13.2. The Balaban J connectivity index is 2.71. The average molecular weight is 279 g/mol. The molecule has 0 spiro atoms. The molecule has 0 aliphatic carbocycles. The van der Waals surface area contributed by atoms with Crippen LogP contribution in [-0.4, -0.2) is 48.0 Å². The normalized spacial score (nSPS) is 23.3. The standard InChI is InChI=1S/C9H17N3O3S2/c1-6(9(10)16)17(14,15)12-4-3-8(5-12)11-7(2)13/h6,8H,3-5H2,1-2H3,(H2,10,16)(H,11,13). The van der Waals surface area contributed by atoms with Crippen molar-refractivity contribution in [2.45, 2.75) is 31.6 Å². The topological polar surface area (TPSA) is 92.5 Å². The second-order valence-corrected chi connectivity index (χ2v) is 6.86. The van der Waals surface area contributed by atoms with E-state index in [0.717, 1.165) is 0 Å². The molecule has 0 saturated carbocycles. The monoisotopic (exact) mass is 279 g/mol. The van der Waals surface area contributed by atoms with Gasteiger partial charge in [-0.3, -0.25) is 4.79 Å². The lowest BCUT2D eigenvalue weighted by Crippen LogP contribution is -2.43. The summed E-state index contributed by atoms with van der Waals surface area (Å²) in [7, 11) is -3.49. The molecule has 2 atom stereocenters. The number of hydrogen-bond acceptors (Lipinski definition) is 4. The molecule has 1 heterocycles. The number of nitrogens with zero attached hydrogens (tertiary/aromatic N) is 1. The lowest BCUT2D eigenvalue weighted by Gasteiger charge is -2.20. The second-order valence-electron chi connectivity index (χ2n) is 4.13. The fourth-order valence-corrected chi connectivity index (χ4v) is 3.59. The molecule has 0 aromatic rings. The molecule has 0 aromatic heterocycles. The predicted molar refractivity (Wildman–Crippen MR) is 69.0 cm³/mol. The number of nitrogens with two attached hydrogens (primary N) is 1. The van der Waals surface area contributed by atoms with Gasteiger partial charge in [0.15, 0.2) is 0 Å². The van der Waals surface area contributed by atoms with Gasteiger partial charge in [-0.2, -0.15) is 4.31 Å². The molecular weight excluding hydrogens is 262 g/mol. The van der Waals surface area contributed by atoms with E-state index in [-0.39, 0.29) is 23.5 Å². The Bertz CT molecular complexity index is 421. The summed E-state index contributed by atoms with van der Waals surface area (Å²) < 4.78 is 25.4. The van der Waals surface area contributed by atoms with Crippen LogP contribution in [0.25, 0.3) is 0 Å². The molecule has 98 valence electrons. The van der Waals surface area contributed by atoms with Crippen LogP contribution in [0, 0.1) is 0 Å². The van der Waals surface area contributed by atoms with Crippen LogP contribution in [0.1, 0.15) is 20.3 Å². The van der Waals surface area contributed by atoms with Gasteiger partial charge in [-0.05, 0) is 13.3 Å². The second kappa shape index (κ2) is 5.28. The summed E-state index contributed by atoms with van der Waals surface area (Å²) in [6, 6.07) is -0.124. The number of carbonyl (C=O) groups excluding carboxylic acids is 1. The lowest BCUT2D eigenvalue weighted by molar-refractivity contribution is -0.119. The summed E-state index contributed by atoms with van der Waals surface area (Å²) in [6.07, 6.45) is 0.614. The molecule has 3 N–H and O–H groups in total. The molecule has 0 bridgehead atoms. The maximum Gasteiger partial charge on any atom is 0.223 e. The van der Waals surface area contributed by atoms with E-state index in [4.69, 9.17) is 18.0 Å². The molecule has 1 amide bonds. The number of sulfonamides is 1. The van der Waals surface area contributed by atoms with E-state index >= 15 is 0 Å². The van der Waals surface area contributed by atoms with Gasteiger partial charge in [0.1, 0.15) is 5.25 Å². The van der Waals surface area contributed by atoms with Crippen molar-refractivity contribution in [2.75, 3.05) is 13.1 Å². The number of nitrogens with one attached hydrogen (secondary N) is 1. The Morgan fingerprint density at radius 3 is 2.65 bits per heavy atom. The summed E-state index contributed by atoms with van der Waals surface area (Å²) in [4.78, 5) is 10.8. The molecule has 17 heavy (non-hydrogen) atoms. The first kappa shape index (κ1) is 14.3. The van der Waals surface area contributed by atoms with E-state index in [1.54, 1.807) is 0 Å². The molecular formula is C9H17N3O3S2. The third-order valence-electron chi connectivity index (χ3n) is 2.77. The summed E-state index contributed by atoms with van der Waals surface area (Å²) in [6.45, 7) is 3.56. The number of thiocarbonyl (C=S) groups is 1. The van der Waals surface area contributed by atoms with Gasteiger partial charge in [0, 0.05) is 26.1 Å². The van der Waals surface area contributed by atoms with Crippen LogP contribution in [0.3, 0.4) is 0 Å². The Labute approximate surface area is 107 Å². The minimum Gasteiger partial charge on any atom is -0.392 e. The summed E-state index contributed by atoms with van der Waals surface area (Å²) in [5, 5.41) is 1.84. The number of hydrogen-bond donors (Lipinski definition) is 2. The van der Waals surface area contributed by atoms with E-state index < -0.39 is 15.3 Å². The predicted octanol–water partition coefficient (Wildman–Crippen LogP) is -0.799. The van der Waals surface area contributed by atoms with E-state index in [0.29, 0.717) is 13.0 Å². The molecule has 0 aromatic carbocycles. The highest BCUT2D eigenvalue weighted by Crippen LogP contribution is 2.17. The van der Waals surface area contributed by atoms with Gasteiger partial charge in [0.05, 0.1) is 4.99 Å². The van der Waals surface area contributed by atoms with Crippen molar-refractivity contribution in [2.24, 2.45) is 5.73 Å². The van der Waals surface area contributed by atoms with Crippen LogP contribution in [0.5, 0.6) is 0 Å². The molecule has 6 nitrogen and oxygen atoms in total. The third kappa shape index (κ3) is 3.36. The maximum atomic E-state index is 12.1. The Hall–Kier alpha value is -0.730. The zero-order valence-electron chi connectivity index (χ0n) is 9.84. The fraction of sp³-hybridized carbons (Fsp3) is 0.778. The van der Waals surface area contributed by atoms with Gasteiger partial charge < -0.3 is 11.1 Å². The molecule has 1 aliphatic rings. The van der Waals surface area contributed by atoms with Crippen LogP contribution in [0.4, 0.5) is 0 Å². The minimum atomic E-state index is -3.49. The Morgan fingerprint density at radius 1 is 1.59 bits per heavy atom. The van der Waals surface area contributed by atoms with Gasteiger partial charge in [-0.15, -0.1) is 0 Å². The average Bonchev–Trinajstić information content (AvgIpc) is 2.64. The van der Waals surface area contributed by atoms with Crippen LogP contribution < -0.4 is 11.1 Å². The van der Waals surface area contributed by atoms with Crippen molar-refractivity contribution in [3.63, 3.8) is 0 Å². The molecule has 1 aliphatic heterocycles. The molecule has 1 saturated heterocycles. The highest BCUT2D eigenvalue weighted by molar-refractivity contribution is 7.92. The summed E-state index contributed by atoms with van der Waals surface area (Å²) in [5.41, 5.74) is 5.36. The zero-order valence-corrected chi connectivity index (χ0v) is 11.5. The van der Waals surface area contributed by atoms with Gasteiger partial charge >= 0.3 is 0 Å². The van der Waals surface area contributed by atoms with Crippen LogP contribution in [-0.2, 0) is 14.8 Å². The molecule has 2 unspecified atom stereocenters. The number of carbonyl (C=O) groups is 1. The summed E-state index contributed by atoms with van der Waals surface area (Å²) >= 11 is 4.70.